The van der Waals surface area contributed by atoms with Gasteiger partial charge in [-0.05, 0) is 145 Å². The van der Waals surface area contributed by atoms with Crippen molar-refractivity contribution in [1.29, 1.82) is 0 Å². The Bertz CT molecular complexity index is 2360. The summed E-state index contributed by atoms with van der Waals surface area (Å²) in [5.41, 5.74) is -3.74. The van der Waals surface area contributed by atoms with Gasteiger partial charge in [0.25, 0.3) is 0 Å². The van der Waals surface area contributed by atoms with Crippen LogP contribution in [-0.2, 0) is 60.4 Å². The van der Waals surface area contributed by atoms with Crippen LogP contribution in [0.2, 0.25) is 0 Å². The maximum Gasteiger partial charge on any atom is 0.341 e. The van der Waals surface area contributed by atoms with E-state index in [1.807, 2.05) is 77.7 Å². The Balaban J connectivity index is 1.26. The van der Waals surface area contributed by atoms with Crippen LogP contribution in [-0.4, -0.2) is 196 Å². The lowest BCUT2D eigenvalue weighted by Gasteiger charge is -2.49. The molecule has 0 radical (unpaired) electrons. The maximum absolute atomic E-state index is 14.6. The van der Waals surface area contributed by atoms with Gasteiger partial charge in [0.05, 0.1) is 41.5 Å². The summed E-state index contributed by atoms with van der Waals surface area (Å²) in [6.07, 6.45) is -4.00. The number of methoxy groups -OCH3 is 1. The average molecular weight is 1120 g/mol. The number of aromatic carboxylic acids is 1. The van der Waals surface area contributed by atoms with Crippen LogP contribution in [0.3, 0.4) is 0 Å². The predicted octanol–water partition coefficient (Wildman–Crippen LogP) is 5.69. The third-order valence-corrected chi connectivity index (χ3v) is 17.1. The van der Waals surface area contributed by atoms with Gasteiger partial charge < -0.3 is 77.8 Å². The van der Waals surface area contributed by atoms with Crippen molar-refractivity contribution in [3.05, 3.63) is 45.7 Å². The number of pyridine rings is 1. The Hall–Kier alpha value is -3.64. The van der Waals surface area contributed by atoms with Gasteiger partial charge in [0.15, 0.2) is 18.7 Å². The first-order valence-electron chi connectivity index (χ1n) is 28.7. The molecular weight excluding hydrogens is 1020 g/mol. The number of fused-ring (bicyclic) bond motifs is 1. The summed E-state index contributed by atoms with van der Waals surface area (Å²) in [5, 5.41) is 58.1. The van der Waals surface area contributed by atoms with E-state index in [1.54, 1.807) is 45.3 Å². The highest BCUT2D eigenvalue weighted by Crippen LogP contribution is 2.41. The summed E-state index contributed by atoms with van der Waals surface area (Å²) in [4.78, 5) is 56.5. The topological polar surface area (TPSA) is 255 Å². The fourth-order valence-corrected chi connectivity index (χ4v) is 12.3. The molecule has 79 heavy (non-hydrogen) atoms. The van der Waals surface area contributed by atoms with Gasteiger partial charge in [-0.15, -0.1) is 0 Å². The van der Waals surface area contributed by atoms with E-state index in [0.717, 1.165) is 12.0 Å². The van der Waals surface area contributed by atoms with Crippen molar-refractivity contribution >= 4 is 28.8 Å². The van der Waals surface area contributed by atoms with Crippen LogP contribution in [0.4, 0.5) is 0 Å². The highest BCUT2D eigenvalue weighted by atomic mass is 16.7. The van der Waals surface area contributed by atoms with E-state index in [1.165, 1.54) is 20.2 Å². The number of likely N-dealkylation sites (N-methyl/N-ethyl adjacent to an activating group) is 2. The number of aliphatic hydroxyl groups excluding tert-OH is 2. The number of benzene rings is 1. The van der Waals surface area contributed by atoms with E-state index >= 15 is 0 Å². The number of rotatable bonds is 20. The molecule has 450 valence electrons. The number of hydrogen-bond acceptors (Lipinski definition) is 18. The van der Waals surface area contributed by atoms with Crippen LogP contribution in [0, 0.1) is 17.8 Å². The van der Waals surface area contributed by atoms with Crippen LogP contribution in [0.15, 0.2) is 29.2 Å². The molecule has 20 nitrogen and oxygen atoms in total. The van der Waals surface area contributed by atoms with Crippen molar-refractivity contribution in [3.8, 4) is 0 Å². The Kier molecular flexibility index (Phi) is 23.9. The standard InChI is InChI=1S/C59H97N3O17/c1-16-45-59(11,71)51(66)38(7)61(14)32-34(3)30-57(9,70)52(79-56-49(65)44(60(12)13)28-35(4)74-56)36(5)50(37(6)55(69)76-45)78-47-31-58(10,72-15)53(39(8)75-47)77-46(63)23-19-18-20-26-73-27-21-22-40-24-25-43-41(29-40)48(64)42(54(67)68)33-62(43)17-2/h24-25,29,33-39,44-45,47,49-53,56,65-66,70-71H,16-23,26-28,30-32H2,1-15H3,(H,67,68)/t34-,35-,36+,37-,38-,39+,44+,45-,47+,49-,50+,51-,52-,53+,56+,57-,58-,59-/m1/s1. The Labute approximate surface area is 468 Å². The second-order valence-electron chi connectivity index (χ2n) is 24.0. The van der Waals surface area contributed by atoms with Crippen LogP contribution < -0.4 is 5.43 Å². The fraction of sp³-hybridized carbons (Fsp3) is 0.797. The van der Waals surface area contributed by atoms with Gasteiger partial charge in [0.1, 0.15) is 35.1 Å². The number of ether oxygens (including phenoxy) is 8. The largest absolute Gasteiger partial charge is 0.477 e. The number of aliphatic hydroxyl groups is 4. The van der Waals surface area contributed by atoms with Gasteiger partial charge in [-0.1, -0.05) is 33.3 Å². The molecule has 18 atom stereocenters. The molecule has 0 spiro atoms. The fourth-order valence-electron chi connectivity index (χ4n) is 12.3. The number of carbonyl (C=O) groups is 3. The summed E-state index contributed by atoms with van der Waals surface area (Å²) in [5.74, 6) is -4.51. The minimum absolute atomic E-state index is 0.0628. The van der Waals surface area contributed by atoms with E-state index < -0.39 is 113 Å². The first-order chi connectivity index (χ1) is 37.0. The molecule has 0 bridgehead atoms. The van der Waals surface area contributed by atoms with Gasteiger partial charge in [0, 0.05) is 75.8 Å². The lowest BCUT2D eigenvalue weighted by Crippen LogP contribution is -2.61. The number of hydrogen-bond donors (Lipinski definition) is 5. The lowest BCUT2D eigenvalue weighted by atomic mass is 9.77. The summed E-state index contributed by atoms with van der Waals surface area (Å²) >= 11 is 0. The van der Waals surface area contributed by atoms with Gasteiger partial charge >= 0.3 is 17.9 Å². The minimum Gasteiger partial charge on any atom is -0.477 e. The van der Waals surface area contributed by atoms with E-state index in [9.17, 15) is 44.7 Å². The summed E-state index contributed by atoms with van der Waals surface area (Å²) in [7, 11) is 7.10. The normalized spacial score (nSPS) is 36.6. The van der Waals surface area contributed by atoms with Crippen LogP contribution in [0.25, 0.3) is 10.9 Å². The number of esters is 2. The molecule has 4 heterocycles. The third-order valence-electron chi connectivity index (χ3n) is 17.1. The van der Waals surface area contributed by atoms with Crippen LogP contribution in [0.1, 0.15) is 150 Å². The number of carboxylic acids is 1. The first kappa shape index (κ1) is 66.2. The number of carbonyl (C=O) groups excluding carboxylic acids is 2. The molecule has 1 aromatic carbocycles. The molecule has 20 heteroatoms. The van der Waals surface area contributed by atoms with Crippen LogP contribution in [0.5, 0.6) is 0 Å². The molecule has 5 N–H and O–H groups in total. The second kappa shape index (κ2) is 28.6. The van der Waals surface area contributed by atoms with Crippen molar-refractivity contribution in [2.24, 2.45) is 17.8 Å². The number of nitrogens with zero attached hydrogens (tertiary/aromatic N) is 3. The smallest absolute Gasteiger partial charge is 0.341 e. The second-order valence-corrected chi connectivity index (χ2v) is 24.0. The van der Waals surface area contributed by atoms with Crippen molar-refractivity contribution in [3.63, 3.8) is 0 Å². The Morgan fingerprint density at radius 3 is 2.22 bits per heavy atom. The molecule has 0 saturated carbocycles. The van der Waals surface area contributed by atoms with E-state index in [2.05, 4.69) is 0 Å². The molecule has 0 amide bonds. The molecule has 3 saturated heterocycles. The van der Waals surface area contributed by atoms with Gasteiger partial charge in [-0.2, -0.15) is 0 Å². The predicted molar refractivity (Wildman–Crippen MR) is 297 cm³/mol. The highest BCUT2D eigenvalue weighted by Gasteiger charge is 2.54. The summed E-state index contributed by atoms with van der Waals surface area (Å²) < 4.78 is 52.6. The minimum atomic E-state index is -1.86. The number of carboxylic acid groups (broad SMARTS) is 1. The molecule has 3 aliphatic rings. The SMILES string of the molecule is CC[C@H]1OC(=O)[C@H](C)[C@@H](O[C@H]2C[C@@](C)(OC)[C@@H](OC(=O)CCCCCOCCCc3ccc4c(c3)c(=O)c(C(=O)O)cn4CC)[C@H](C)O2)[C@H](C)[C@@H](O[C@@H]2O[C@H](C)C[C@H](N(C)C)[C@H]2O)[C@](C)(O)C[C@@H](C)CN(C)[C@H](C)[C@@H](O)[C@]1(C)O. The van der Waals surface area contributed by atoms with Crippen molar-refractivity contribution in [1.82, 2.24) is 14.4 Å². The number of cyclic esters (lactones) is 1. The molecule has 5 rings (SSSR count). The zero-order valence-corrected chi connectivity index (χ0v) is 49.8. The number of aryl methyl sites for hydroxylation is 2. The Morgan fingerprint density at radius 2 is 1.58 bits per heavy atom. The monoisotopic (exact) mass is 1120 g/mol. The van der Waals surface area contributed by atoms with E-state index in [4.69, 9.17) is 37.9 Å². The molecule has 3 aliphatic heterocycles. The molecule has 0 unspecified atom stereocenters. The number of unbranched alkanes of at least 4 members (excludes halogenated alkanes) is 2. The number of aromatic nitrogens is 1. The summed E-state index contributed by atoms with van der Waals surface area (Å²) in [6, 6.07) is 4.67. The zero-order valence-electron chi connectivity index (χ0n) is 49.8. The van der Waals surface area contributed by atoms with Crippen molar-refractivity contribution in [2.45, 2.75) is 237 Å². The van der Waals surface area contributed by atoms with Crippen LogP contribution >= 0.6 is 0 Å². The van der Waals surface area contributed by atoms with Crippen molar-refractivity contribution in [2.75, 3.05) is 48.0 Å². The Morgan fingerprint density at radius 1 is 0.899 bits per heavy atom. The molecule has 0 aliphatic carbocycles. The highest BCUT2D eigenvalue weighted by molar-refractivity contribution is 5.92. The molecule has 1 aromatic heterocycles. The van der Waals surface area contributed by atoms with Gasteiger partial charge in [-0.3, -0.25) is 14.4 Å². The van der Waals surface area contributed by atoms with Crippen molar-refractivity contribution < 1.29 is 77.8 Å². The average Bonchev–Trinajstić information content (AvgIpc) is 3.40. The lowest BCUT2D eigenvalue weighted by molar-refractivity contribution is -0.318. The van der Waals surface area contributed by atoms with E-state index in [0.29, 0.717) is 69.3 Å². The molecule has 3 fully saturated rings. The van der Waals surface area contributed by atoms with Gasteiger partial charge in [-0.25, -0.2) is 4.79 Å². The third kappa shape index (κ3) is 16.3. The molecule has 2 aromatic rings. The quantitative estimate of drug-likeness (QED) is 0.0788. The first-order valence-corrected chi connectivity index (χ1v) is 28.7. The summed E-state index contributed by atoms with van der Waals surface area (Å²) in [6.45, 7) is 21.4. The molecular formula is C59H97N3O17. The van der Waals surface area contributed by atoms with E-state index in [-0.39, 0.29) is 49.3 Å². The van der Waals surface area contributed by atoms with Gasteiger partial charge in [0.2, 0.25) is 5.43 Å². The maximum atomic E-state index is 14.6. The zero-order chi connectivity index (χ0) is 58.9.